The second-order valence-electron chi connectivity index (χ2n) is 4.11. The highest BCUT2D eigenvalue weighted by molar-refractivity contribution is 5.88. The number of halogens is 1. The highest BCUT2D eigenvalue weighted by atomic mass is 35.5. The van der Waals surface area contributed by atoms with Crippen molar-refractivity contribution in [2.24, 2.45) is 0 Å². The monoisotopic (exact) mass is 272 g/mol. The molecule has 0 radical (unpaired) electrons. The average molecular weight is 273 g/mol. The molecule has 18 heavy (non-hydrogen) atoms. The number of carboxylic acid groups (broad SMARTS) is 1. The van der Waals surface area contributed by atoms with Gasteiger partial charge in [-0.15, -0.1) is 12.4 Å². The predicted molar refractivity (Wildman–Crippen MR) is 71.2 cm³/mol. The summed E-state index contributed by atoms with van der Waals surface area (Å²) in [6.07, 6.45) is 0. The summed E-state index contributed by atoms with van der Waals surface area (Å²) in [5.74, 6) is -0.923. The smallest absolute Gasteiger partial charge is 0.335 e. The number of anilines is 1. The molecule has 2 rings (SSSR count). The first kappa shape index (κ1) is 14.8. The molecule has 100 valence electrons. The van der Waals surface area contributed by atoms with Crippen LogP contribution < -0.4 is 5.73 Å². The van der Waals surface area contributed by atoms with Gasteiger partial charge in [0.1, 0.15) is 0 Å². The lowest BCUT2D eigenvalue weighted by Crippen LogP contribution is -2.35. The van der Waals surface area contributed by atoms with Gasteiger partial charge >= 0.3 is 5.97 Å². The average Bonchev–Trinajstić information content (AvgIpc) is 2.33. The van der Waals surface area contributed by atoms with Gasteiger partial charge in [0.25, 0.3) is 0 Å². The van der Waals surface area contributed by atoms with E-state index in [9.17, 15) is 4.79 Å². The van der Waals surface area contributed by atoms with Crippen molar-refractivity contribution in [3.8, 4) is 0 Å². The van der Waals surface area contributed by atoms with Gasteiger partial charge in [-0.1, -0.05) is 0 Å². The number of benzene rings is 1. The maximum absolute atomic E-state index is 10.9. The van der Waals surface area contributed by atoms with Crippen LogP contribution in [0.15, 0.2) is 18.2 Å². The summed E-state index contributed by atoms with van der Waals surface area (Å²) in [5.41, 5.74) is 7.64. The fourth-order valence-corrected chi connectivity index (χ4v) is 1.88. The number of rotatable bonds is 3. The quantitative estimate of drug-likeness (QED) is 0.809. The van der Waals surface area contributed by atoms with Crippen LogP contribution in [0.5, 0.6) is 0 Å². The zero-order valence-corrected chi connectivity index (χ0v) is 10.8. The molecular weight excluding hydrogens is 256 g/mol. The number of aromatic carboxylic acids is 1. The van der Waals surface area contributed by atoms with Crippen molar-refractivity contribution < 1.29 is 14.6 Å². The molecule has 3 N–H and O–H groups in total. The fraction of sp³-hybridized carbons (Fsp3) is 0.417. The largest absolute Gasteiger partial charge is 0.478 e. The first-order chi connectivity index (χ1) is 8.16. The Kier molecular flexibility index (Phi) is 5.40. The third kappa shape index (κ3) is 3.60. The van der Waals surface area contributed by atoms with Gasteiger partial charge in [0.05, 0.1) is 18.8 Å². The summed E-state index contributed by atoms with van der Waals surface area (Å²) in [5, 5.41) is 8.93. The Morgan fingerprint density at radius 1 is 1.39 bits per heavy atom. The van der Waals surface area contributed by atoms with E-state index in [1.807, 2.05) is 0 Å². The van der Waals surface area contributed by atoms with Crippen molar-refractivity contribution in [3.05, 3.63) is 29.3 Å². The Balaban J connectivity index is 0.00000162. The van der Waals surface area contributed by atoms with Crippen LogP contribution in [0.25, 0.3) is 0 Å². The van der Waals surface area contributed by atoms with Crippen molar-refractivity contribution in [2.45, 2.75) is 6.54 Å². The van der Waals surface area contributed by atoms with E-state index in [4.69, 9.17) is 15.6 Å². The minimum atomic E-state index is -0.923. The summed E-state index contributed by atoms with van der Waals surface area (Å²) >= 11 is 0. The lowest BCUT2D eigenvalue weighted by molar-refractivity contribution is 0.0342. The van der Waals surface area contributed by atoms with Crippen LogP contribution in [0.2, 0.25) is 0 Å². The molecule has 1 heterocycles. The molecule has 0 spiro atoms. The van der Waals surface area contributed by atoms with Crippen LogP contribution in [0.4, 0.5) is 5.69 Å². The molecule has 5 nitrogen and oxygen atoms in total. The topological polar surface area (TPSA) is 75.8 Å². The Labute approximate surface area is 112 Å². The van der Waals surface area contributed by atoms with Gasteiger partial charge in [-0.3, -0.25) is 4.90 Å². The van der Waals surface area contributed by atoms with Crippen LogP contribution in [-0.2, 0) is 11.3 Å². The van der Waals surface area contributed by atoms with E-state index < -0.39 is 5.97 Å². The fourth-order valence-electron chi connectivity index (χ4n) is 1.88. The molecule has 0 aromatic heterocycles. The molecule has 1 aliphatic heterocycles. The van der Waals surface area contributed by atoms with Gasteiger partial charge < -0.3 is 15.6 Å². The molecule has 1 fully saturated rings. The number of carboxylic acids is 1. The third-order valence-corrected chi connectivity index (χ3v) is 2.89. The maximum Gasteiger partial charge on any atom is 0.335 e. The molecule has 0 amide bonds. The molecule has 0 bridgehead atoms. The van der Waals surface area contributed by atoms with E-state index in [1.165, 1.54) is 6.07 Å². The minimum absolute atomic E-state index is 0. The second kappa shape index (κ2) is 6.58. The van der Waals surface area contributed by atoms with E-state index in [2.05, 4.69) is 4.90 Å². The number of carbonyl (C=O) groups is 1. The van der Waals surface area contributed by atoms with E-state index in [0.29, 0.717) is 12.2 Å². The van der Waals surface area contributed by atoms with Crippen LogP contribution in [0, 0.1) is 0 Å². The number of morpholine rings is 1. The van der Waals surface area contributed by atoms with Gasteiger partial charge in [0.2, 0.25) is 0 Å². The van der Waals surface area contributed by atoms with Crippen molar-refractivity contribution in [1.82, 2.24) is 4.90 Å². The van der Waals surface area contributed by atoms with Crippen molar-refractivity contribution >= 4 is 24.1 Å². The van der Waals surface area contributed by atoms with Gasteiger partial charge in [-0.2, -0.15) is 0 Å². The van der Waals surface area contributed by atoms with Gasteiger partial charge in [0, 0.05) is 25.3 Å². The van der Waals surface area contributed by atoms with Crippen LogP contribution in [0.1, 0.15) is 15.9 Å². The summed E-state index contributed by atoms with van der Waals surface area (Å²) in [6, 6.07) is 4.83. The van der Waals surface area contributed by atoms with Crippen molar-refractivity contribution in [2.75, 3.05) is 32.0 Å². The van der Waals surface area contributed by atoms with Crippen LogP contribution >= 0.6 is 12.4 Å². The highest BCUT2D eigenvalue weighted by Gasteiger charge is 2.13. The molecule has 0 saturated carbocycles. The van der Waals surface area contributed by atoms with Crippen molar-refractivity contribution in [3.63, 3.8) is 0 Å². The molecular formula is C12H17ClN2O3. The number of hydrogen-bond acceptors (Lipinski definition) is 4. The zero-order valence-electron chi connectivity index (χ0n) is 9.96. The summed E-state index contributed by atoms with van der Waals surface area (Å²) in [6.45, 7) is 3.83. The summed E-state index contributed by atoms with van der Waals surface area (Å²) in [4.78, 5) is 13.1. The van der Waals surface area contributed by atoms with Crippen LogP contribution in [-0.4, -0.2) is 42.3 Å². The van der Waals surface area contributed by atoms with E-state index in [0.717, 1.165) is 31.9 Å². The Morgan fingerprint density at radius 3 is 2.67 bits per heavy atom. The molecule has 1 aromatic carbocycles. The molecule has 1 aromatic rings. The van der Waals surface area contributed by atoms with Gasteiger partial charge in [0.15, 0.2) is 0 Å². The van der Waals surface area contributed by atoms with Crippen molar-refractivity contribution in [1.29, 1.82) is 0 Å². The Morgan fingerprint density at radius 2 is 2.06 bits per heavy atom. The standard InChI is InChI=1S/C12H16N2O3.ClH/c13-11-2-1-9(12(15)16)7-10(11)8-14-3-5-17-6-4-14;/h1-2,7H,3-6,8,13H2,(H,15,16);1H. The number of hydrogen-bond donors (Lipinski definition) is 2. The van der Waals surface area contributed by atoms with E-state index in [1.54, 1.807) is 12.1 Å². The Hall–Kier alpha value is -1.30. The lowest BCUT2D eigenvalue weighted by Gasteiger charge is -2.27. The summed E-state index contributed by atoms with van der Waals surface area (Å²) in [7, 11) is 0. The van der Waals surface area contributed by atoms with E-state index >= 15 is 0 Å². The highest BCUT2D eigenvalue weighted by Crippen LogP contribution is 2.17. The SMILES string of the molecule is Cl.Nc1ccc(C(=O)O)cc1CN1CCOCC1. The molecule has 6 heteroatoms. The normalized spacial score (nSPS) is 16.0. The molecule has 0 atom stereocenters. The molecule has 1 saturated heterocycles. The minimum Gasteiger partial charge on any atom is -0.478 e. The molecule has 1 aliphatic rings. The number of nitrogens with two attached hydrogens (primary N) is 1. The predicted octanol–water partition coefficient (Wildman–Crippen LogP) is 1.22. The molecule has 0 unspecified atom stereocenters. The number of nitrogen functional groups attached to an aromatic ring is 1. The Bertz CT molecular complexity index is 420. The van der Waals surface area contributed by atoms with Gasteiger partial charge in [-0.05, 0) is 23.8 Å². The third-order valence-electron chi connectivity index (χ3n) is 2.89. The zero-order chi connectivity index (χ0) is 12.3. The number of ether oxygens (including phenoxy) is 1. The first-order valence-electron chi connectivity index (χ1n) is 5.58. The maximum atomic E-state index is 10.9. The summed E-state index contributed by atoms with van der Waals surface area (Å²) < 4.78 is 5.26. The van der Waals surface area contributed by atoms with Gasteiger partial charge in [-0.25, -0.2) is 4.79 Å². The first-order valence-corrected chi connectivity index (χ1v) is 5.58. The lowest BCUT2D eigenvalue weighted by atomic mass is 10.1. The number of nitrogens with zero attached hydrogens (tertiary/aromatic N) is 1. The van der Waals surface area contributed by atoms with Crippen LogP contribution in [0.3, 0.4) is 0 Å². The molecule has 0 aliphatic carbocycles. The second-order valence-corrected chi connectivity index (χ2v) is 4.11. The van der Waals surface area contributed by atoms with E-state index in [-0.39, 0.29) is 18.0 Å².